The van der Waals surface area contributed by atoms with E-state index < -0.39 is 0 Å². The molecule has 0 bridgehead atoms. The van der Waals surface area contributed by atoms with Crippen molar-refractivity contribution in [2.45, 2.75) is 6.42 Å². The number of anilines is 1. The maximum atomic E-state index is 12.5. The van der Waals surface area contributed by atoms with Crippen molar-refractivity contribution in [2.24, 2.45) is 7.05 Å². The quantitative estimate of drug-likeness (QED) is 0.598. The number of nitrogens with zero attached hydrogens (tertiary/aromatic N) is 5. The minimum Gasteiger partial charge on any atom is -0.324 e. The molecule has 0 fully saturated rings. The van der Waals surface area contributed by atoms with Gasteiger partial charge in [0.05, 0.1) is 29.4 Å². The predicted octanol–water partition coefficient (Wildman–Crippen LogP) is 1.70. The lowest BCUT2D eigenvalue weighted by Crippen LogP contribution is -2.24. The van der Waals surface area contributed by atoms with E-state index in [9.17, 15) is 9.59 Å². The number of rotatable bonds is 4. The second-order valence-corrected chi connectivity index (χ2v) is 6.02. The highest BCUT2D eigenvalue weighted by molar-refractivity contribution is 5.95. The van der Waals surface area contributed by atoms with Crippen LogP contribution < -0.4 is 10.9 Å². The van der Waals surface area contributed by atoms with Gasteiger partial charge < -0.3 is 5.32 Å². The SMILES string of the molecule is Cn1nc(CC(=O)Nc2ccc(-n3ccnc3)nc2)c2ccccc2c1=O. The number of aryl methyl sites for hydroxylation is 1. The predicted molar refractivity (Wildman–Crippen MR) is 101 cm³/mol. The van der Waals surface area contributed by atoms with Gasteiger partial charge in [0.2, 0.25) is 5.91 Å². The van der Waals surface area contributed by atoms with Gasteiger partial charge in [-0.05, 0) is 18.2 Å². The van der Waals surface area contributed by atoms with E-state index in [1.54, 1.807) is 66.9 Å². The number of amides is 1. The second kappa shape index (κ2) is 6.83. The molecule has 1 amide bonds. The van der Waals surface area contributed by atoms with E-state index in [0.717, 1.165) is 0 Å². The largest absolute Gasteiger partial charge is 0.324 e. The van der Waals surface area contributed by atoms with Gasteiger partial charge in [0.25, 0.3) is 5.56 Å². The lowest BCUT2D eigenvalue weighted by Gasteiger charge is -2.09. The molecule has 0 saturated carbocycles. The van der Waals surface area contributed by atoms with E-state index in [2.05, 4.69) is 20.4 Å². The monoisotopic (exact) mass is 360 g/mol. The Kier molecular flexibility index (Phi) is 4.21. The normalized spacial score (nSPS) is 10.9. The molecule has 0 aliphatic heterocycles. The molecule has 3 aromatic heterocycles. The van der Waals surface area contributed by atoms with Gasteiger partial charge in [0.15, 0.2) is 0 Å². The molecule has 0 aliphatic rings. The molecule has 0 radical (unpaired) electrons. The molecule has 0 saturated heterocycles. The smallest absolute Gasteiger partial charge is 0.274 e. The van der Waals surface area contributed by atoms with E-state index in [-0.39, 0.29) is 17.9 Å². The van der Waals surface area contributed by atoms with Crippen molar-refractivity contribution in [1.82, 2.24) is 24.3 Å². The van der Waals surface area contributed by atoms with Gasteiger partial charge in [-0.25, -0.2) is 14.6 Å². The molecular formula is C19H16N6O2. The summed E-state index contributed by atoms with van der Waals surface area (Å²) in [6, 6.07) is 10.7. The summed E-state index contributed by atoms with van der Waals surface area (Å²) in [6.07, 6.45) is 6.74. The number of benzene rings is 1. The molecule has 134 valence electrons. The van der Waals surface area contributed by atoms with E-state index in [1.807, 2.05) is 6.07 Å². The molecule has 1 aromatic carbocycles. The number of carbonyl (C=O) groups excluding carboxylic acids is 1. The number of imidazole rings is 1. The van der Waals surface area contributed by atoms with E-state index >= 15 is 0 Å². The topological polar surface area (TPSA) is 94.7 Å². The first-order valence-electron chi connectivity index (χ1n) is 8.31. The fraction of sp³-hybridized carbons (Fsp3) is 0.105. The summed E-state index contributed by atoms with van der Waals surface area (Å²) in [5, 5.41) is 8.29. The van der Waals surface area contributed by atoms with Gasteiger partial charge in [-0.15, -0.1) is 0 Å². The third-order valence-electron chi connectivity index (χ3n) is 4.16. The number of nitrogens with one attached hydrogen (secondary N) is 1. The van der Waals surface area contributed by atoms with Crippen LogP contribution in [-0.2, 0) is 18.3 Å². The van der Waals surface area contributed by atoms with Crippen LogP contribution in [0.5, 0.6) is 0 Å². The van der Waals surface area contributed by atoms with Crippen LogP contribution in [0.1, 0.15) is 5.69 Å². The maximum Gasteiger partial charge on any atom is 0.274 e. The molecular weight excluding hydrogens is 344 g/mol. The molecule has 8 heteroatoms. The van der Waals surface area contributed by atoms with Gasteiger partial charge in [-0.3, -0.25) is 14.2 Å². The summed E-state index contributed by atoms with van der Waals surface area (Å²) in [6.45, 7) is 0. The zero-order chi connectivity index (χ0) is 18.8. The standard InChI is InChI=1S/C19H16N6O2/c1-24-19(27)15-5-3-2-4-14(15)16(23-24)10-18(26)22-13-6-7-17(21-11-13)25-9-8-20-12-25/h2-9,11-12H,10H2,1H3,(H,22,26). The Labute approximate surface area is 154 Å². The van der Waals surface area contributed by atoms with Crippen LogP contribution in [0.25, 0.3) is 16.6 Å². The fourth-order valence-electron chi connectivity index (χ4n) is 2.87. The lowest BCUT2D eigenvalue weighted by atomic mass is 10.1. The highest BCUT2D eigenvalue weighted by Crippen LogP contribution is 2.15. The Hall–Kier alpha value is -3.81. The fourth-order valence-corrected chi connectivity index (χ4v) is 2.87. The van der Waals surface area contributed by atoms with Gasteiger partial charge in [-0.2, -0.15) is 5.10 Å². The number of carbonyl (C=O) groups is 1. The van der Waals surface area contributed by atoms with Crippen molar-refractivity contribution in [3.63, 3.8) is 0 Å². The van der Waals surface area contributed by atoms with Crippen molar-refractivity contribution in [3.8, 4) is 5.82 Å². The average molecular weight is 360 g/mol. The van der Waals surface area contributed by atoms with Crippen molar-refractivity contribution in [3.05, 3.63) is 77.4 Å². The Morgan fingerprint density at radius 3 is 2.67 bits per heavy atom. The first-order chi connectivity index (χ1) is 13.1. The number of fused-ring (bicyclic) bond motifs is 1. The Balaban J connectivity index is 1.54. The molecule has 4 aromatic rings. The van der Waals surface area contributed by atoms with Gasteiger partial charge in [0.1, 0.15) is 12.1 Å². The molecule has 27 heavy (non-hydrogen) atoms. The van der Waals surface area contributed by atoms with E-state index in [4.69, 9.17) is 0 Å². The van der Waals surface area contributed by atoms with Crippen molar-refractivity contribution in [1.29, 1.82) is 0 Å². The third kappa shape index (κ3) is 3.32. The highest BCUT2D eigenvalue weighted by atomic mass is 16.1. The number of aromatic nitrogens is 5. The van der Waals surface area contributed by atoms with Crippen LogP contribution in [0.15, 0.2) is 66.1 Å². The lowest BCUT2D eigenvalue weighted by molar-refractivity contribution is -0.115. The molecule has 8 nitrogen and oxygen atoms in total. The van der Waals surface area contributed by atoms with Crippen LogP contribution in [0.4, 0.5) is 5.69 Å². The summed E-state index contributed by atoms with van der Waals surface area (Å²) in [5.74, 6) is 0.472. The van der Waals surface area contributed by atoms with Crippen molar-refractivity contribution >= 4 is 22.4 Å². The molecule has 1 N–H and O–H groups in total. The summed E-state index contributed by atoms with van der Waals surface area (Å²) in [4.78, 5) is 32.9. The molecule has 0 spiro atoms. The zero-order valence-corrected chi connectivity index (χ0v) is 14.5. The second-order valence-electron chi connectivity index (χ2n) is 6.02. The summed E-state index contributed by atoms with van der Waals surface area (Å²) >= 11 is 0. The van der Waals surface area contributed by atoms with Crippen molar-refractivity contribution < 1.29 is 4.79 Å². The number of hydrogen-bond acceptors (Lipinski definition) is 5. The van der Waals surface area contributed by atoms with E-state index in [0.29, 0.717) is 28.0 Å². The van der Waals surface area contributed by atoms with Crippen LogP contribution in [0, 0.1) is 0 Å². The number of hydrogen-bond donors (Lipinski definition) is 1. The van der Waals surface area contributed by atoms with Gasteiger partial charge in [-0.1, -0.05) is 18.2 Å². The minimum absolute atomic E-state index is 0.0535. The Morgan fingerprint density at radius 2 is 1.96 bits per heavy atom. The molecule has 3 heterocycles. The van der Waals surface area contributed by atoms with Gasteiger partial charge >= 0.3 is 0 Å². The van der Waals surface area contributed by atoms with Crippen molar-refractivity contribution in [2.75, 3.05) is 5.32 Å². The summed E-state index contributed by atoms with van der Waals surface area (Å²) < 4.78 is 3.03. The van der Waals surface area contributed by atoms with Crippen LogP contribution in [0.2, 0.25) is 0 Å². The number of pyridine rings is 1. The summed E-state index contributed by atoms with van der Waals surface area (Å²) in [5.41, 5.74) is 0.945. The molecule has 0 aliphatic carbocycles. The molecule has 0 atom stereocenters. The average Bonchev–Trinajstić information content (AvgIpc) is 3.21. The minimum atomic E-state index is -0.233. The molecule has 4 rings (SSSR count). The first kappa shape index (κ1) is 16.6. The third-order valence-corrected chi connectivity index (χ3v) is 4.16. The zero-order valence-electron chi connectivity index (χ0n) is 14.5. The summed E-state index contributed by atoms with van der Waals surface area (Å²) in [7, 11) is 1.58. The first-order valence-corrected chi connectivity index (χ1v) is 8.31. The Bertz CT molecular complexity index is 1160. The van der Waals surface area contributed by atoms with E-state index in [1.165, 1.54) is 4.68 Å². The van der Waals surface area contributed by atoms with Crippen LogP contribution >= 0.6 is 0 Å². The Morgan fingerprint density at radius 1 is 1.15 bits per heavy atom. The highest BCUT2D eigenvalue weighted by Gasteiger charge is 2.12. The van der Waals surface area contributed by atoms with Gasteiger partial charge in [0, 0.05) is 24.8 Å². The van der Waals surface area contributed by atoms with Crippen LogP contribution in [-0.4, -0.2) is 30.2 Å². The van der Waals surface area contributed by atoms with Crippen LogP contribution in [0.3, 0.4) is 0 Å². The maximum absolute atomic E-state index is 12.5. The molecule has 0 unspecified atom stereocenters.